The lowest BCUT2D eigenvalue weighted by Gasteiger charge is -2.23. The molecule has 0 bridgehead atoms. The number of methoxy groups -OCH3 is 1. The predicted octanol–water partition coefficient (Wildman–Crippen LogP) is 2.25. The molecular weight excluding hydrogens is 282 g/mol. The third kappa shape index (κ3) is 4.65. The molecule has 0 unspecified atom stereocenters. The molecule has 0 aromatic heterocycles. The van der Waals surface area contributed by atoms with Crippen LogP contribution in [0.15, 0.2) is 18.2 Å². The summed E-state index contributed by atoms with van der Waals surface area (Å²) in [5.41, 5.74) is 1.82. The van der Waals surface area contributed by atoms with Crippen LogP contribution in [0.3, 0.4) is 0 Å². The molecule has 1 atom stereocenters. The SMILES string of the molecule is CNC(=O)NC(=O)[C@H](C)Nc1cc(C(C)(C)C)ccc1OC. The summed E-state index contributed by atoms with van der Waals surface area (Å²) in [6, 6.07) is 4.71. The maximum Gasteiger partial charge on any atom is 0.321 e. The lowest BCUT2D eigenvalue weighted by atomic mass is 9.86. The summed E-state index contributed by atoms with van der Waals surface area (Å²) in [6.07, 6.45) is 0. The molecule has 0 aliphatic rings. The number of benzene rings is 1. The van der Waals surface area contributed by atoms with Gasteiger partial charge in [-0.15, -0.1) is 0 Å². The van der Waals surface area contributed by atoms with E-state index < -0.39 is 18.0 Å². The van der Waals surface area contributed by atoms with E-state index in [1.807, 2.05) is 18.2 Å². The number of rotatable bonds is 4. The molecule has 0 saturated heterocycles. The number of amides is 3. The molecule has 1 aromatic rings. The minimum Gasteiger partial charge on any atom is -0.495 e. The Labute approximate surface area is 131 Å². The summed E-state index contributed by atoms with van der Waals surface area (Å²) in [5, 5.41) is 7.67. The Morgan fingerprint density at radius 2 is 1.86 bits per heavy atom. The molecule has 122 valence electrons. The van der Waals surface area contributed by atoms with E-state index in [1.54, 1.807) is 14.0 Å². The van der Waals surface area contributed by atoms with E-state index in [0.29, 0.717) is 5.75 Å². The normalized spacial score (nSPS) is 12.3. The van der Waals surface area contributed by atoms with Crippen LogP contribution in [0.5, 0.6) is 5.75 Å². The van der Waals surface area contributed by atoms with Crippen LogP contribution in [0.4, 0.5) is 10.5 Å². The first-order chi connectivity index (χ1) is 10.2. The number of imide groups is 1. The Kier molecular flexibility index (Phi) is 5.79. The van der Waals surface area contributed by atoms with Crippen molar-refractivity contribution in [3.05, 3.63) is 23.8 Å². The van der Waals surface area contributed by atoms with Crippen LogP contribution in [0, 0.1) is 0 Å². The molecule has 1 aromatic carbocycles. The van der Waals surface area contributed by atoms with Gasteiger partial charge in [-0.05, 0) is 30.0 Å². The minimum atomic E-state index is -0.582. The number of carbonyl (C=O) groups is 2. The van der Waals surface area contributed by atoms with E-state index in [-0.39, 0.29) is 5.41 Å². The molecule has 1 rings (SSSR count). The van der Waals surface area contributed by atoms with Gasteiger partial charge in [0.25, 0.3) is 0 Å². The average molecular weight is 307 g/mol. The van der Waals surface area contributed by atoms with Gasteiger partial charge < -0.3 is 15.4 Å². The van der Waals surface area contributed by atoms with Crippen LogP contribution >= 0.6 is 0 Å². The number of hydrogen-bond donors (Lipinski definition) is 3. The maximum absolute atomic E-state index is 11.9. The molecule has 0 heterocycles. The topological polar surface area (TPSA) is 79.5 Å². The molecule has 3 amide bonds. The van der Waals surface area contributed by atoms with Crippen molar-refractivity contribution in [3.63, 3.8) is 0 Å². The highest BCUT2D eigenvalue weighted by molar-refractivity contribution is 5.98. The Bertz CT molecular complexity index is 550. The summed E-state index contributed by atoms with van der Waals surface area (Å²) in [6.45, 7) is 8.02. The highest BCUT2D eigenvalue weighted by atomic mass is 16.5. The summed E-state index contributed by atoms with van der Waals surface area (Å²) in [4.78, 5) is 23.1. The number of nitrogens with one attached hydrogen (secondary N) is 3. The zero-order chi connectivity index (χ0) is 16.9. The van der Waals surface area contributed by atoms with Crippen LogP contribution in [0.1, 0.15) is 33.3 Å². The van der Waals surface area contributed by atoms with Gasteiger partial charge in [-0.3, -0.25) is 10.1 Å². The first kappa shape index (κ1) is 17.8. The van der Waals surface area contributed by atoms with Crippen molar-refractivity contribution in [2.45, 2.75) is 39.2 Å². The van der Waals surface area contributed by atoms with Crippen molar-refractivity contribution in [2.75, 3.05) is 19.5 Å². The lowest BCUT2D eigenvalue weighted by Crippen LogP contribution is -2.44. The van der Waals surface area contributed by atoms with Gasteiger partial charge in [0.05, 0.1) is 12.8 Å². The van der Waals surface area contributed by atoms with Crippen molar-refractivity contribution >= 4 is 17.6 Å². The Balaban J connectivity index is 2.95. The number of ether oxygens (including phenoxy) is 1. The zero-order valence-electron chi connectivity index (χ0n) is 14.0. The van der Waals surface area contributed by atoms with Crippen LogP contribution in [-0.2, 0) is 10.2 Å². The molecule has 0 saturated carbocycles. The minimum absolute atomic E-state index is 0.0176. The van der Waals surface area contributed by atoms with Gasteiger partial charge in [0, 0.05) is 7.05 Å². The lowest BCUT2D eigenvalue weighted by molar-refractivity contribution is -0.120. The quantitative estimate of drug-likeness (QED) is 0.797. The summed E-state index contributed by atoms with van der Waals surface area (Å²) in [5.74, 6) is 0.232. The maximum atomic E-state index is 11.9. The van der Waals surface area contributed by atoms with Gasteiger partial charge in [0.1, 0.15) is 11.8 Å². The molecule has 22 heavy (non-hydrogen) atoms. The molecule has 0 fully saturated rings. The fourth-order valence-electron chi connectivity index (χ4n) is 1.87. The molecule has 0 aliphatic carbocycles. The molecule has 6 nitrogen and oxygen atoms in total. The van der Waals surface area contributed by atoms with E-state index in [0.717, 1.165) is 11.3 Å². The summed E-state index contributed by atoms with van der Waals surface area (Å²) >= 11 is 0. The summed E-state index contributed by atoms with van der Waals surface area (Å²) < 4.78 is 5.32. The fraction of sp³-hybridized carbons (Fsp3) is 0.500. The Morgan fingerprint density at radius 1 is 1.23 bits per heavy atom. The van der Waals surface area contributed by atoms with E-state index >= 15 is 0 Å². The smallest absolute Gasteiger partial charge is 0.321 e. The van der Waals surface area contributed by atoms with Crippen molar-refractivity contribution in [3.8, 4) is 5.75 Å². The number of hydrogen-bond acceptors (Lipinski definition) is 4. The van der Waals surface area contributed by atoms with Gasteiger partial charge >= 0.3 is 6.03 Å². The molecule has 6 heteroatoms. The third-order valence-electron chi connectivity index (χ3n) is 3.29. The van der Waals surface area contributed by atoms with Crippen LogP contribution in [0.25, 0.3) is 0 Å². The second-order valence-corrected chi connectivity index (χ2v) is 6.10. The Morgan fingerprint density at radius 3 is 2.36 bits per heavy atom. The van der Waals surface area contributed by atoms with E-state index in [1.165, 1.54) is 7.05 Å². The monoisotopic (exact) mass is 307 g/mol. The number of urea groups is 1. The van der Waals surface area contributed by atoms with Crippen molar-refractivity contribution < 1.29 is 14.3 Å². The molecule has 0 radical (unpaired) electrons. The van der Waals surface area contributed by atoms with Gasteiger partial charge in [-0.1, -0.05) is 26.8 Å². The van der Waals surface area contributed by atoms with Crippen LogP contribution in [-0.4, -0.2) is 32.1 Å². The summed E-state index contributed by atoms with van der Waals surface area (Å²) in [7, 11) is 3.03. The standard InChI is InChI=1S/C16H25N3O3/c1-10(14(20)19-15(21)17-5)18-12-9-11(16(2,3)4)7-8-13(12)22-6/h7-10,18H,1-6H3,(H2,17,19,20,21)/t10-/m0/s1. The van der Waals surface area contributed by atoms with Crippen molar-refractivity contribution in [1.82, 2.24) is 10.6 Å². The second kappa shape index (κ2) is 7.15. The molecular formula is C16H25N3O3. The van der Waals surface area contributed by atoms with Gasteiger partial charge in [0.15, 0.2) is 0 Å². The third-order valence-corrected chi connectivity index (χ3v) is 3.29. The van der Waals surface area contributed by atoms with Gasteiger partial charge in [-0.2, -0.15) is 0 Å². The predicted molar refractivity (Wildman–Crippen MR) is 87.4 cm³/mol. The average Bonchev–Trinajstić information content (AvgIpc) is 2.45. The highest BCUT2D eigenvalue weighted by Gasteiger charge is 2.19. The number of anilines is 1. The Hall–Kier alpha value is -2.24. The highest BCUT2D eigenvalue weighted by Crippen LogP contribution is 2.31. The van der Waals surface area contributed by atoms with Gasteiger partial charge in [0.2, 0.25) is 5.91 Å². The molecule has 3 N–H and O–H groups in total. The number of carbonyl (C=O) groups excluding carboxylic acids is 2. The van der Waals surface area contributed by atoms with E-state index in [9.17, 15) is 9.59 Å². The molecule has 0 spiro atoms. The van der Waals surface area contributed by atoms with Crippen LogP contribution < -0.4 is 20.7 Å². The van der Waals surface area contributed by atoms with E-state index in [4.69, 9.17) is 4.74 Å². The van der Waals surface area contributed by atoms with Crippen LogP contribution in [0.2, 0.25) is 0 Å². The first-order valence-electron chi connectivity index (χ1n) is 7.16. The van der Waals surface area contributed by atoms with Gasteiger partial charge in [-0.25, -0.2) is 4.79 Å². The van der Waals surface area contributed by atoms with Crippen molar-refractivity contribution in [1.29, 1.82) is 0 Å². The van der Waals surface area contributed by atoms with Crippen molar-refractivity contribution in [2.24, 2.45) is 0 Å². The first-order valence-corrected chi connectivity index (χ1v) is 7.16. The largest absolute Gasteiger partial charge is 0.495 e. The zero-order valence-corrected chi connectivity index (χ0v) is 14.0. The second-order valence-electron chi connectivity index (χ2n) is 6.10. The fourth-order valence-corrected chi connectivity index (χ4v) is 1.87. The van der Waals surface area contributed by atoms with E-state index in [2.05, 4.69) is 36.7 Å². The molecule has 0 aliphatic heterocycles.